The van der Waals surface area contributed by atoms with E-state index in [1.165, 1.54) is 28.2 Å². The fraction of sp³-hybridized carbons (Fsp3) is 0.294. The number of nitrogens with zero attached hydrogens (tertiary/aromatic N) is 3. The lowest BCUT2D eigenvalue weighted by molar-refractivity contribution is 0.101. The van der Waals surface area contributed by atoms with Crippen LogP contribution in [0.4, 0.5) is 5.13 Å². The summed E-state index contributed by atoms with van der Waals surface area (Å²) >= 11 is 1.42. The van der Waals surface area contributed by atoms with Gasteiger partial charge in [-0.1, -0.05) is 36.8 Å². The lowest BCUT2D eigenvalue weighted by atomic mass is 10.2. The van der Waals surface area contributed by atoms with E-state index in [9.17, 15) is 9.59 Å². The highest BCUT2D eigenvalue weighted by Gasteiger charge is 2.13. The number of fused-ring (bicyclic) bond motifs is 1. The van der Waals surface area contributed by atoms with Gasteiger partial charge in [0.25, 0.3) is 11.5 Å². The van der Waals surface area contributed by atoms with Gasteiger partial charge in [0.2, 0.25) is 0 Å². The van der Waals surface area contributed by atoms with Crippen LogP contribution in [0.3, 0.4) is 0 Å². The van der Waals surface area contributed by atoms with E-state index in [-0.39, 0.29) is 17.2 Å². The van der Waals surface area contributed by atoms with E-state index in [4.69, 9.17) is 0 Å². The zero-order valence-electron chi connectivity index (χ0n) is 13.6. The number of thiazole rings is 1. The van der Waals surface area contributed by atoms with Crippen molar-refractivity contribution in [1.82, 2.24) is 14.8 Å². The van der Waals surface area contributed by atoms with Gasteiger partial charge < -0.3 is 0 Å². The normalized spacial score (nSPS) is 10.9. The van der Waals surface area contributed by atoms with Crippen LogP contribution >= 0.6 is 11.3 Å². The minimum atomic E-state index is -0.364. The number of unbranched alkanes of at least 4 members (excludes halogenated alkanes) is 1. The summed E-state index contributed by atoms with van der Waals surface area (Å²) in [5.41, 5.74) is 1.96. The van der Waals surface area contributed by atoms with Gasteiger partial charge in [0.05, 0.1) is 10.2 Å². The van der Waals surface area contributed by atoms with E-state index in [2.05, 4.69) is 15.4 Å². The molecule has 1 N–H and O–H groups in total. The molecule has 124 valence electrons. The molecular formula is C17H18N4O2S. The quantitative estimate of drug-likeness (QED) is 0.772. The molecule has 0 radical (unpaired) electrons. The van der Waals surface area contributed by atoms with Crippen LogP contribution in [0.25, 0.3) is 10.2 Å². The summed E-state index contributed by atoms with van der Waals surface area (Å²) in [4.78, 5) is 28.6. The number of benzene rings is 1. The number of hydrogen-bond acceptors (Lipinski definition) is 5. The van der Waals surface area contributed by atoms with Gasteiger partial charge in [0, 0.05) is 12.6 Å². The molecule has 0 saturated heterocycles. The van der Waals surface area contributed by atoms with Crippen LogP contribution in [0.2, 0.25) is 0 Å². The highest BCUT2D eigenvalue weighted by Crippen LogP contribution is 2.27. The molecule has 0 bridgehead atoms. The van der Waals surface area contributed by atoms with Crippen LogP contribution in [0.1, 0.15) is 35.8 Å². The van der Waals surface area contributed by atoms with Crippen molar-refractivity contribution in [2.45, 2.75) is 33.2 Å². The minimum Gasteiger partial charge on any atom is -0.296 e. The van der Waals surface area contributed by atoms with Gasteiger partial charge in [-0.15, -0.1) is 0 Å². The predicted molar refractivity (Wildman–Crippen MR) is 95.7 cm³/mol. The summed E-state index contributed by atoms with van der Waals surface area (Å²) in [5, 5.41) is 7.44. The molecule has 3 aromatic rings. The molecule has 6 nitrogen and oxygen atoms in total. The summed E-state index contributed by atoms with van der Waals surface area (Å²) in [6.07, 6.45) is 1.80. The van der Waals surface area contributed by atoms with Crippen molar-refractivity contribution in [2.24, 2.45) is 0 Å². The number of para-hydroxylation sites is 1. The van der Waals surface area contributed by atoms with Crippen molar-refractivity contribution in [3.63, 3.8) is 0 Å². The molecule has 1 aromatic carbocycles. The van der Waals surface area contributed by atoms with Crippen molar-refractivity contribution in [3.8, 4) is 0 Å². The number of carbonyl (C=O) groups excluding carboxylic acids is 1. The Morgan fingerprint density at radius 2 is 2.12 bits per heavy atom. The fourth-order valence-corrected chi connectivity index (χ4v) is 3.28. The molecule has 3 rings (SSSR count). The van der Waals surface area contributed by atoms with E-state index in [1.54, 1.807) is 0 Å². The van der Waals surface area contributed by atoms with Crippen LogP contribution in [-0.4, -0.2) is 20.7 Å². The number of amides is 1. The van der Waals surface area contributed by atoms with Crippen LogP contribution in [0.15, 0.2) is 35.1 Å². The molecule has 0 unspecified atom stereocenters. The first-order chi connectivity index (χ1) is 11.6. The van der Waals surface area contributed by atoms with Gasteiger partial charge in [0.1, 0.15) is 5.69 Å². The van der Waals surface area contributed by atoms with Crippen molar-refractivity contribution in [2.75, 3.05) is 5.32 Å². The average molecular weight is 342 g/mol. The van der Waals surface area contributed by atoms with Crippen molar-refractivity contribution < 1.29 is 4.79 Å². The monoisotopic (exact) mass is 342 g/mol. The highest BCUT2D eigenvalue weighted by atomic mass is 32.1. The lowest BCUT2D eigenvalue weighted by Crippen LogP contribution is -2.26. The molecule has 24 heavy (non-hydrogen) atoms. The van der Waals surface area contributed by atoms with E-state index in [0.717, 1.165) is 28.6 Å². The second kappa shape index (κ2) is 6.92. The zero-order valence-corrected chi connectivity index (χ0v) is 14.4. The van der Waals surface area contributed by atoms with Gasteiger partial charge in [-0.3, -0.25) is 14.9 Å². The second-order valence-electron chi connectivity index (χ2n) is 5.53. The van der Waals surface area contributed by atoms with Crippen LogP contribution in [0, 0.1) is 6.92 Å². The Bertz CT molecular complexity index is 945. The summed E-state index contributed by atoms with van der Waals surface area (Å²) in [7, 11) is 0. The molecule has 0 saturated carbocycles. The predicted octanol–water partition coefficient (Wildman–Crippen LogP) is 3.21. The maximum absolute atomic E-state index is 12.4. The van der Waals surface area contributed by atoms with Crippen molar-refractivity contribution in [1.29, 1.82) is 0 Å². The minimum absolute atomic E-state index is 0.199. The number of hydrogen-bond donors (Lipinski definition) is 1. The molecular weight excluding hydrogens is 324 g/mol. The Morgan fingerprint density at radius 1 is 1.29 bits per heavy atom. The highest BCUT2D eigenvalue weighted by molar-refractivity contribution is 7.22. The molecule has 0 atom stereocenters. The second-order valence-corrected chi connectivity index (χ2v) is 6.56. The molecule has 0 aliphatic heterocycles. The van der Waals surface area contributed by atoms with E-state index in [1.807, 2.05) is 32.0 Å². The Hall–Kier alpha value is -2.54. The number of aryl methyl sites for hydroxylation is 2. The van der Waals surface area contributed by atoms with Gasteiger partial charge in [-0.25, -0.2) is 9.67 Å². The van der Waals surface area contributed by atoms with Crippen LogP contribution < -0.4 is 10.9 Å². The third-order valence-electron chi connectivity index (χ3n) is 3.66. The Kier molecular flexibility index (Phi) is 4.71. The summed E-state index contributed by atoms with van der Waals surface area (Å²) in [6, 6.07) is 8.74. The molecule has 0 aliphatic rings. The smallest absolute Gasteiger partial charge is 0.277 e. The van der Waals surface area contributed by atoms with E-state index >= 15 is 0 Å². The largest absolute Gasteiger partial charge is 0.296 e. The number of anilines is 1. The maximum atomic E-state index is 12.4. The number of carbonyl (C=O) groups is 1. The van der Waals surface area contributed by atoms with E-state index < -0.39 is 0 Å². The molecule has 7 heteroatoms. The maximum Gasteiger partial charge on any atom is 0.277 e. The van der Waals surface area contributed by atoms with Crippen molar-refractivity contribution >= 4 is 32.6 Å². The average Bonchev–Trinajstić information content (AvgIpc) is 2.98. The zero-order chi connectivity index (χ0) is 17.1. The number of nitrogens with one attached hydrogen (secondary N) is 1. The first-order valence-corrected chi connectivity index (χ1v) is 8.66. The fourth-order valence-electron chi connectivity index (χ4n) is 2.34. The SMILES string of the molecule is CCCCn1nc(C(=O)Nc2nc3c(C)cccc3s2)ccc1=O. The lowest BCUT2D eigenvalue weighted by Gasteiger charge is -2.05. The van der Waals surface area contributed by atoms with Gasteiger partial charge in [-0.05, 0) is 31.0 Å². The standard InChI is InChI=1S/C17H18N4O2S/c1-3-4-10-21-14(22)9-8-12(20-21)16(23)19-17-18-15-11(2)6-5-7-13(15)24-17/h5-9H,3-4,10H2,1-2H3,(H,18,19,23). The molecule has 0 fully saturated rings. The molecule has 1 amide bonds. The van der Waals surface area contributed by atoms with E-state index in [0.29, 0.717) is 11.7 Å². The summed E-state index contributed by atoms with van der Waals surface area (Å²) in [6.45, 7) is 4.53. The van der Waals surface area contributed by atoms with Crippen molar-refractivity contribution in [3.05, 3.63) is 51.9 Å². The molecule has 2 aromatic heterocycles. The third kappa shape index (κ3) is 3.35. The molecule has 0 spiro atoms. The first-order valence-electron chi connectivity index (χ1n) is 7.84. The van der Waals surface area contributed by atoms with Crippen LogP contribution in [0.5, 0.6) is 0 Å². The van der Waals surface area contributed by atoms with Gasteiger partial charge in [-0.2, -0.15) is 5.10 Å². The Balaban J connectivity index is 1.83. The van der Waals surface area contributed by atoms with Crippen LogP contribution in [-0.2, 0) is 6.54 Å². The molecule has 0 aliphatic carbocycles. The third-order valence-corrected chi connectivity index (χ3v) is 4.60. The van der Waals surface area contributed by atoms with Gasteiger partial charge in [0.15, 0.2) is 5.13 Å². The Labute approximate surface area is 143 Å². The summed E-state index contributed by atoms with van der Waals surface area (Å²) < 4.78 is 2.35. The topological polar surface area (TPSA) is 76.9 Å². The number of rotatable bonds is 5. The Morgan fingerprint density at radius 3 is 2.88 bits per heavy atom. The van der Waals surface area contributed by atoms with Gasteiger partial charge >= 0.3 is 0 Å². The number of aromatic nitrogens is 3. The first kappa shape index (κ1) is 16.3. The molecule has 2 heterocycles. The summed E-state index contributed by atoms with van der Waals surface area (Å²) in [5.74, 6) is -0.364.